The van der Waals surface area contributed by atoms with Gasteiger partial charge >= 0.3 is 6.09 Å². The fourth-order valence-corrected chi connectivity index (χ4v) is 4.59. The summed E-state index contributed by atoms with van der Waals surface area (Å²) in [7, 11) is 0. The Hall–Kier alpha value is -4.00. The number of ether oxygens (including phenoxy) is 3. The zero-order chi connectivity index (χ0) is 29.5. The summed E-state index contributed by atoms with van der Waals surface area (Å²) in [6.07, 6.45) is -1.90. The van der Waals surface area contributed by atoms with Gasteiger partial charge in [0.1, 0.15) is 36.8 Å². The molecule has 218 valence electrons. The summed E-state index contributed by atoms with van der Waals surface area (Å²) in [6.45, 7) is 0.339. The largest absolute Gasteiger partial charge is 0.487 e. The van der Waals surface area contributed by atoms with Crippen molar-refractivity contribution in [3.8, 4) is 5.75 Å². The van der Waals surface area contributed by atoms with Crippen LogP contribution in [0.5, 0.6) is 5.75 Å². The number of benzene rings is 3. The van der Waals surface area contributed by atoms with Crippen LogP contribution in [0.4, 0.5) is 22.4 Å². The lowest BCUT2D eigenvalue weighted by Crippen LogP contribution is -2.50. The second-order valence-corrected chi connectivity index (χ2v) is 9.63. The first-order valence-electron chi connectivity index (χ1n) is 12.8. The maximum atomic E-state index is 14.8. The summed E-state index contributed by atoms with van der Waals surface area (Å²) in [4.78, 5) is 24.2. The number of Topliss-reactive ketones (excluding diaryl/α,β-unsaturated/α-hetero) is 1. The van der Waals surface area contributed by atoms with Gasteiger partial charge in [-0.1, -0.05) is 24.3 Å². The lowest BCUT2D eigenvalue weighted by molar-refractivity contribution is -0.120. The van der Waals surface area contributed by atoms with Crippen molar-refractivity contribution >= 4 is 11.9 Å². The number of morpholine rings is 1. The predicted octanol–water partition coefficient (Wildman–Crippen LogP) is 3.35. The maximum Gasteiger partial charge on any atom is 0.404 e. The van der Waals surface area contributed by atoms with Gasteiger partial charge in [-0.3, -0.25) is 4.79 Å². The minimum atomic E-state index is -1.23. The van der Waals surface area contributed by atoms with E-state index in [0.29, 0.717) is 17.2 Å². The molecule has 4 rings (SSSR count). The third-order valence-corrected chi connectivity index (χ3v) is 6.65. The highest BCUT2D eigenvalue weighted by Crippen LogP contribution is 2.31. The van der Waals surface area contributed by atoms with Crippen molar-refractivity contribution in [1.29, 1.82) is 0 Å². The van der Waals surface area contributed by atoms with E-state index in [4.69, 9.17) is 25.7 Å². The fourth-order valence-electron chi connectivity index (χ4n) is 4.59. The van der Waals surface area contributed by atoms with Crippen molar-refractivity contribution in [2.75, 3.05) is 26.4 Å². The first-order chi connectivity index (χ1) is 19.6. The molecule has 12 heteroatoms. The first kappa shape index (κ1) is 30.0. The summed E-state index contributed by atoms with van der Waals surface area (Å²) in [5.41, 5.74) is 12.3. The van der Waals surface area contributed by atoms with E-state index < -0.39 is 59.6 Å². The Balaban J connectivity index is 1.48. The zero-order valence-corrected chi connectivity index (χ0v) is 21.8. The van der Waals surface area contributed by atoms with E-state index in [0.717, 1.165) is 6.07 Å². The van der Waals surface area contributed by atoms with Gasteiger partial charge in [0.2, 0.25) is 0 Å². The van der Waals surface area contributed by atoms with Crippen LogP contribution >= 0.6 is 0 Å². The van der Waals surface area contributed by atoms with Crippen LogP contribution in [0, 0.1) is 23.3 Å². The van der Waals surface area contributed by atoms with E-state index in [1.54, 1.807) is 0 Å². The molecule has 0 aliphatic carbocycles. The number of nitrogens with one attached hydrogen (secondary N) is 1. The molecule has 3 atom stereocenters. The standard InChI is InChI=1S/C29H29F4N3O5/c30-19-5-1-16(2-6-19)26(17-3-7-20(31)8-4-17)27(34)25(37)10-18-9-21(32)11-24(33)28(18)40-15-23-12-36-22(13-39-23)14-41-29(35)38/h1-9,11,22-23,26-27,36H,10,12-15,34H2,(H2,35,38)/t22-,23-,27+/m0/s1. The van der Waals surface area contributed by atoms with Crippen LogP contribution in [0.2, 0.25) is 0 Å². The topological polar surface area (TPSA) is 126 Å². The molecule has 5 N–H and O–H groups in total. The number of hydrogen-bond acceptors (Lipinski definition) is 7. The first-order valence-corrected chi connectivity index (χ1v) is 12.8. The second-order valence-electron chi connectivity index (χ2n) is 9.63. The number of primary amides is 1. The van der Waals surface area contributed by atoms with Gasteiger partial charge in [-0.15, -0.1) is 0 Å². The number of rotatable bonds is 11. The van der Waals surface area contributed by atoms with Crippen LogP contribution in [-0.4, -0.2) is 56.4 Å². The van der Waals surface area contributed by atoms with Gasteiger partial charge in [0.15, 0.2) is 17.3 Å². The molecule has 41 heavy (non-hydrogen) atoms. The molecule has 1 fully saturated rings. The molecule has 0 radical (unpaired) electrons. The molecule has 0 unspecified atom stereocenters. The van der Waals surface area contributed by atoms with Crippen LogP contribution in [0.15, 0.2) is 60.7 Å². The molecule has 1 aliphatic heterocycles. The van der Waals surface area contributed by atoms with Crippen LogP contribution in [0.25, 0.3) is 0 Å². The van der Waals surface area contributed by atoms with E-state index in [9.17, 15) is 27.2 Å². The van der Waals surface area contributed by atoms with Crippen LogP contribution < -0.4 is 21.5 Å². The second kappa shape index (κ2) is 13.6. The molecular weight excluding hydrogens is 546 g/mol. The Labute approximate surface area is 233 Å². The lowest BCUT2D eigenvalue weighted by Gasteiger charge is -2.30. The summed E-state index contributed by atoms with van der Waals surface area (Å²) in [5, 5.41) is 3.09. The van der Waals surface area contributed by atoms with Gasteiger partial charge in [-0.25, -0.2) is 22.4 Å². The summed E-state index contributed by atoms with van der Waals surface area (Å²) in [5.74, 6) is -4.59. The van der Waals surface area contributed by atoms with Crippen LogP contribution in [-0.2, 0) is 20.7 Å². The molecule has 0 spiro atoms. The van der Waals surface area contributed by atoms with Crippen molar-refractivity contribution in [2.24, 2.45) is 11.5 Å². The van der Waals surface area contributed by atoms with E-state index >= 15 is 0 Å². The molecule has 3 aromatic carbocycles. The molecule has 0 aromatic heterocycles. The molecular formula is C29H29F4N3O5. The summed E-state index contributed by atoms with van der Waals surface area (Å²) >= 11 is 0. The summed E-state index contributed by atoms with van der Waals surface area (Å²) in [6, 6.07) is 10.8. The number of nitrogens with two attached hydrogens (primary N) is 2. The van der Waals surface area contributed by atoms with Crippen molar-refractivity contribution in [1.82, 2.24) is 5.32 Å². The molecule has 0 saturated carbocycles. The van der Waals surface area contributed by atoms with Gasteiger partial charge in [0.05, 0.1) is 18.7 Å². The molecule has 8 nitrogen and oxygen atoms in total. The van der Waals surface area contributed by atoms with E-state index in [2.05, 4.69) is 5.32 Å². The smallest absolute Gasteiger partial charge is 0.404 e. The third kappa shape index (κ3) is 8.03. The van der Waals surface area contributed by atoms with Gasteiger partial charge in [-0.2, -0.15) is 0 Å². The third-order valence-electron chi connectivity index (χ3n) is 6.65. The zero-order valence-electron chi connectivity index (χ0n) is 21.8. The van der Waals surface area contributed by atoms with E-state index in [1.165, 1.54) is 48.5 Å². The highest BCUT2D eigenvalue weighted by Gasteiger charge is 2.30. The van der Waals surface area contributed by atoms with E-state index in [-0.39, 0.29) is 43.7 Å². The van der Waals surface area contributed by atoms with Crippen molar-refractivity contribution in [2.45, 2.75) is 30.5 Å². The van der Waals surface area contributed by atoms with Gasteiger partial charge < -0.3 is 31.0 Å². The predicted molar refractivity (Wildman–Crippen MR) is 140 cm³/mol. The van der Waals surface area contributed by atoms with Crippen LogP contribution in [0.1, 0.15) is 22.6 Å². The van der Waals surface area contributed by atoms with Gasteiger partial charge in [0.25, 0.3) is 0 Å². The average molecular weight is 576 g/mol. The maximum absolute atomic E-state index is 14.8. The van der Waals surface area contributed by atoms with E-state index in [1.807, 2.05) is 0 Å². The Bertz CT molecular complexity index is 1300. The normalized spacial score (nSPS) is 17.7. The van der Waals surface area contributed by atoms with Crippen molar-refractivity contribution in [3.05, 3.63) is 101 Å². The number of hydrogen-bond donors (Lipinski definition) is 3. The number of amides is 1. The van der Waals surface area contributed by atoms with Crippen LogP contribution in [0.3, 0.4) is 0 Å². The van der Waals surface area contributed by atoms with Gasteiger partial charge in [0, 0.05) is 30.5 Å². The number of carbonyl (C=O) groups excluding carboxylic acids is 2. The minimum Gasteiger partial charge on any atom is -0.487 e. The molecule has 1 aliphatic rings. The highest BCUT2D eigenvalue weighted by molar-refractivity contribution is 5.88. The lowest BCUT2D eigenvalue weighted by atomic mass is 9.82. The van der Waals surface area contributed by atoms with Crippen molar-refractivity contribution < 1.29 is 41.4 Å². The minimum absolute atomic E-state index is 0.0128. The number of carbonyl (C=O) groups is 2. The molecule has 3 aromatic rings. The molecule has 1 amide bonds. The number of halogens is 4. The molecule has 1 saturated heterocycles. The Morgan fingerprint density at radius 1 is 0.927 bits per heavy atom. The Morgan fingerprint density at radius 2 is 1.54 bits per heavy atom. The number of ketones is 1. The highest BCUT2D eigenvalue weighted by atomic mass is 19.1. The SMILES string of the molecule is NC(=O)OC[C@@H]1CO[C@H](COc2c(F)cc(F)cc2CC(=O)[C@@H](N)C(c2ccc(F)cc2)c2ccc(F)cc2)CN1. The Morgan fingerprint density at radius 3 is 2.07 bits per heavy atom. The quantitative estimate of drug-likeness (QED) is 0.300. The summed E-state index contributed by atoms with van der Waals surface area (Å²) < 4.78 is 72.2. The fraction of sp³-hybridized carbons (Fsp3) is 0.310. The Kier molecular flexibility index (Phi) is 9.92. The monoisotopic (exact) mass is 575 g/mol. The molecule has 1 heterocycles. The molecule has 0 bridgehead atoms. The average Bonchev–Trinajstić information content (AvgIpc) is 2.94. The van der Waals surface area contributed by atoms with Crippen molar-refractivity contribution in [3.63, 3.8) is 0 Å². The van der Waals surface area contributed by atoms with Gasteiger partial charge in [-0.05, 0) is 41.5 Å².